The SMILES string of the molecule is O=C(O)c1cccc(NS(=O)(=O)c2cc(F)ccc2OCC2CC2)c1. The number of halogens is 1. The third-order valence-electron chi connectivity index (χ3n) is 3.73. The van der Waals surface area contributed by atoms with Crippen molar-refractivity contribution in [2.24, 2.45) is 5.92 Å². The molecule has 25 heavy (non-hydrogen) atoms. The number of carbonyl (C=O) groups is 1. The average Bonchev–Trinajstić information content (AvgIpc) is 3.38. The molecule has 1 fully saturated rings. The maximum atomic E-state index is 13.6. The Morgan fingerprint density at radius 2 is 2.00 bits per heavy atom. The lowest BCUT2D eigenvalue weighted by atomic mass is 10.2. The van der Waals surface area contributed by atoms with E-state index in [-0.39, 0.29) is 21.9 Å². The summed E-state index contributed by atoms with van der Waals surface area (Å²) in [7, 11) is -4.14. The molecule has 2 aromatic rings. The number of rotatable bonds is 7. The summed E-state index contributed by atoms with van der Waals surface area (Å²) in [5.74, 6) is -1.42. The summed E-state index contributed by atoms with van der Waals surface area (Å²) in [4.78, 5) is 10.7. The molecule has 2 aromatic carbocycles. The van der Waals surface area contributed by atoms with Gasteiger partial charge in [-0.05, 0) is 55.2 Å². The molecule has 2 N–H and O–H groups in total. The molecule has 6 nitrogen and oxygen atoms in total. The van der Waals surface area contributed by atoms with Crippen molar-refractivity contribution in [1.29, 1.82) is 0 Å². The smallest absolute Gasteiger partial charge is 0.335 e. The number of nitrogens with one attached hydrogen (secondary N) is 1. The maximum Gasteiger partial charge on any atom is 0.335 e. The highest BCUT2D eigenvalue weighted by Gasteiger charge is 2.25. The Balaban J connectivity index is 1.89. The first kappa shape index (κ1) is 17.2. The summed E-state index contributed by atoms with van der Waals surface area (Å²) in [6.07, 6.45) is 2.06. The van der Waals surface area contributed by atoms with Crippen molar-refractivity contribution in [1.82, 2.24) is 0 Å². The Morgan fingerprint density at radius 3 is 2.68 bits per heavy atom. The van der Waals surface area contributed by atoms with Crippen LogP contribution in [0.15, 0.2) is 47.4 Å². The molecule has 0 heterocycles. The summed E-state index contributed by atoms with van der Waals surface area (Å²) < 4.78 is 46.6. The fourth-order valence-corrected chi connectivity index (χ4v) is 3.44. The zero-order chi connectivity index (χ0) is 18.0. The van der Waals surface area contributed by atoms with Gasteiger partial charge in [-0.3, -0.25) is 4.72 Å². The van der Waals surface area contributed by atoms with Crippen molar-refractivity contribution in [2.45, 2.75) is 17.7 Å². The normalized spacial score (nSPS) is 14.1. The van der Waals surface area contributed by atoms with E-state index in [0.29, 0.717) is 12.5 Å². The van der Waals surface area contributed by atoms with Gasteiger partial charge >= 0.3 is 5.97 Å². The number of aromatic carboxylic acids is 1. The number of carboxylic acids is 1. The highest BCUT2D eigenvalue weighted by molar-refractivity contribution is 7.92. The van der Waals surface area contributed by atoms with Gasteiger partial charge in [0, 0.05) is 5.69 Å². The fourth-order valence-electron chi connectivity index (χ4n) is 2.23. The van der Waals surface area contributed by atoms with E-state index in [9.17, 15) is 17.6 Å². The predicted molar refractivity (Wildman–Crippen MR) is 88.8 cm³/mol. The molecule has 0 aliphatic heterocycles. The molecule has 0 atom stereocenters. The second-order valence-corrected chi connectivity index (χ2v) is 7.49. The number of ether oxygens (including phenoxy) is 1. The van der Waals surface area contributed by atoms with Crippen LogP contribution in [0.4, 0.5) is 10.1 Å². The van der Waals surface area contributed by atoms with Crippen LogP contribution < -0.4 is 9.46 Å². The van der Waals surface area contributed by atoms with Crippen LogP contribution in [0.2, 0.25) is 0 Å². The molecule has 0 amide bonds. The van der Waals surface area contributed by atoms with Gasteiger partial charge in [0.1, 0.15) is 16.5 Å². The van der Waals surface area contributed by atoms with Gasteiger partial charge in [0.05, 0.1) is 12.2 Å². The number of sulfonamides is 1. The number of benzene rings is 2. The van der Waals surface area contributed by atoms with Crippen LogP contribution in [0.25, 0.3) is 0 Å². The van der Waals surface area contributed by atoms with Crippen molar-refractivity contribution in [3.8, 4) is 5.75 Å². The van der Waals surface area contributed by atoms with E-state index in [0.717, 1.165) is 25.0 Å². The Hall–Kier alpha value is -2.61. The van der Waals surface area contributed by atoms with E-state index in [4.69, 9.17) is 9.84 Å². The summed E-state index contributed by atoms with van der Waals surface area (Å²) in [5, 5.41) is 8.99. The van der Waals surface area contributed by atoms with Crippen LogP contribution in [-0.4, -0.2) is 26.1 Å². The highest BCUT2D eigenvalue weighted by atomic mass is 32.2. The standard InChI is InChI=1S/C17H16FNO5S/c18-13-6-7-15(24-10-11-4-5-11)16(9-13)25(22,23)19-14-3-1-2-12(8-14)17(20)21/h1-3,6-9,11,19H,4-5,10H2,(H,20,21). The van der Waals surface area contributed by atoms with Crippen LogP contribution >= 0.6 is 0 Å². The minimum Gasteiger partial charge on any atom is -0.492 e. The molecule has 0 unspecified atom stereocenters. The van der Waals surface area contributed by atoms with Crippen molar-refractivity contribution in [3.63, 3.8) is 0 Å². The Morgan fingerprint density at radius 1 is 1.24 bits per heavy atom. The Kier molecular flexibility index (Phi) is 4.63. The lowest BCUT2D eigenvalue weighted by Crippen LogP contribution is -2.15. The maximum absolute atomic E-state index is 13.6. The van der Waals surface area contributed by atoms with Crippen molar-refractivity contribution in [2.75, 3.05) is 11.3 Å². The van der Waals surface area contributed by atoms with Gasteiger partial charge in [-0.25, -0.2) is 17.6 Å². The topological polar surface area (TPSA) is 92.7 Å². The molecule has 8 heteroatoms. The summed E-state index contributed by atoms with van der Waals surface area (Å²) >= 11 is 0. The Bertz CT molecular complexity index is 909. The summed E-state index contributed by atoms with van der Waals surface area (Å²) in [6, 6.07) is 8.64. The van der Waals surface area contributed by atoms with Crippen LogP contribution in [0.5, 0.6) is 5.75 Å². The first-order valence-electron chi connectivity index (χ1n) is 7.64. The molecular formula is C17H16FNO5S. The van der Waals surface area contributed by atoms with Crippen molar-refractivity contribution in [3.05, 3.63) is 53.8 Å². The zero-order valence-corrected chi connectivity index (χ0v) is 13.9. The van der Waals surface area contributed by atoms with Gasteiger partial charge in [-0.2, -0.15) is 0 Å². The summed E-state index contributed by atoms with van der Waals surface area (Å²) in [6.45, 7) is 0.378. The molecule has 0 saturated heterocycles. The number of hydrogen-bond donors (Lipinski definition) is 2. The lowest BCUT2D eigenvalue weighted by molar-refractivity contribution is 0.0697. The summed E-state index contributed by atoms with van der Waals surface area (Å²) in [5.41, 5.74) is 0.00181. The van der Waals surface area contributed by atoms with E-state index in [1.807, 2.05) is 0 Å². The van der Waals surface area contributed by atoms with Crippen molar-refractivity contribution < 1.29 is 27.4 Å². The van der Waals surface area contributed by atoms with E-state index < -0.39 is 21.8 Å². The second-order valence-electron chi connectivity index (χ2n) is 5.84. The van der Waals surface area contributed by atoms with E-state index in [2.05, 4.69) is 4.72 Å². The highest BCUT2D eigenvalue weighted by Crippen LogP contribution is 2.32. The largest absolute Gasteiger partial charge is 0.492 e. The van der Waals surface area contributed by atoms with Gasteiger partial charge < -0.3 is 9.84 Å². The lowest BCUT2D eigenvalue weighted by Gasteiger charge is -2.13. The molecule has 1 aliphatic rings. The van der Waals surface area contributed by atoms with Crippen LogP contribution in [0.1, 0.15) is 23.2 Å². The third-order valence-corrected chi connectivity index (χ3v) is 5.13. The molecule has 0 radical (unpaired) electrons. The number of carboxylic acid groups (broad SMARTS) is 1. The van der Waals surface area contributed by atoms with Gasteiger partial charge in [0.25, 0.3) is 10.0 Å². The minimum atomic E-state index is -4.14. The third kappa shape index (κ3) is 4.27. The second kappa shape index (κ2) is 6.72. The molecule has 1 aliphatic carbocycles. The molecule has 3 rings (SSSR count). The average molecular weight is 365 g/mol. The molecule has 1 saturated carbocycles. The van der Waals surface area contributed by atoms with E-state index >= 15 is 0 Å². The number of hydrogen-bond acceptors (Lipinski definition) is 4. The molecule has 0 bridgehead atoms. The van der Waals surface area contributed by atoms with Crippen molar-refractivity contribution >= 4 is 21.7 Å². The molecule has 0 spiro atoms. The first-order chi connectivity index (χ1) is 11.8. The van der Waals surface area contributed by atoms with Gasteiger partial charge in [-0.1, -0.05) is 6.07 Å². The molecule has 0 aromatic heterocycles. The van der Waals surface area contributed by atoms with Gasteiger partial charge in [0.15, 0.2) is 0 Å². The monoisotopic (exact) mass is 365 g/mol. The first-order valence-corrected chi connectivity index (χ1v) is 9.12. The number of anilines is 1. The van der Waals surface area contributed by atoms with Gasteiger partial charge in [0.2, 0.25) is 0 Å². The van der Waals surface area contributed by atoms with E-state index in [1.165, 1.54) is 30.3 Å². The van der Waals surface area contributed by atoms with E-state index in [1.54, 1.807) is 0 Å². The fraction of sp³-hybridized carbons (Fsp3) is 0.235. The van der Waals surface area contributed by atoms with Crippen LogP contribution in [-0.2, 0) is 10.0 Å². The van der Waals surface area contributed by atoms with Gasteiger partial charge in [-0.15, -0.1) is 0 Å². The Labute approximate surface area is 144 Å². The minimum absolute atomic E-state index is 0.0650. The van der Waals surface area contributed by atoms with Crippen LogP contribution in [0.3, 0.4) is 0 Å². The quantitative estimate of drug-likeness (QED) is 0.786. The van der Waals surface area contributed by atoms with Crippen LogP contribution in [0, 0.1) is 11.7 Å². The predicted octanol–water partition coefficient (Wildman–Crippen LogP) is 3.11. The molecule has 132 valence electrons. The molecular weight excluding hydrogens is 349 g/mol. The zero-order valence-electron chi connectivity index (χ0n) is 13.1.